The van der Waals surface area contributed by atoms with Gasteiger partial charge in [0.2, 0.25) is 0 Å². The molecule has 0 bridgehead atoms. The Labute approximate surface area is 90.2 Å². The third-order valence-electron chi connectivity index (χ3n) is 2.83. The number of hydrogen-bond donors (Lipinski definition) is 1. The summed E-state index contributed by atoms with van der Waals surface area (Å²) in [6.07, 6.45) is 0. The lowest BCUT2D eigenvalue weighted by atomic mass is 9.85. The van der Waals surface area contributed by atoms with Gasteiger partial charge in [-0.15, -0.1) is 0 Å². The van der Waals surface area contributed by atoms with Crippen LogP contribution in [0.4, 0.5) is 0 Å². The lowest BCUT2D eigenvalue weighted by Gasteiger charge is -2.26. The van der Waals surface area contributed by atoms with E-state index in [-0.39, 0.29) is 5.41 Å². The summed E-state index contributed by atoms with van der Waals surface area (Å²) in [5, 5.41) is 0. The van der Waals surface area contributed by atoms with Crippen molar-refractivity contribution in [1.82, 2.24) is 0 Å². The van der Waals surface area contributed by atoms with Crippen molar-refractivity contribution >= 4 is 0 Å². The standard InChI is InChI=1S/C12H17NO2/c1-12(2,8-13)9-3-4-10-11(7-9)15-6-5-14-10/h3-4,7H,5-6,8,13H2,1-2H3. The summed E-state index contributed by atoms with van der Waals surface area (Å²) in [6, 6.07) is 6.04. The third kappa shape index (κ3) is 1.92. The summed E-state index contributed by atoms with van der Waals surface area (Å²) in [4.78, 5) is 0. The molecule has 0 fully saturated rings. The van der Waals surface area contributed by atoms with Crippen molar-refractivity contribution in [2.75, 3.05) is 19.8 Å². The molecule has 1 heterocycles. The number of benzene rings is 1. The highest BCUT2D eigenvalue weighted by Gasteiger charge is 2.21. The van der Waals surface area contributed by atoms with E-state index in [0.717, 1.165) is 11.5 Å². The molecular formula is C12H17NO2. The van der Waals surface area contributed by atoms with E-state index in [4.69, 9.17) is 15.2 Å². The van der Waals surface area contributed by atoms with Crippen molar-refractivity contribution in [1.29, 1.82) is 0 Å². The number of hydrogen-bond acceptors (Lipinski definition) is 3. The summed E-state index contributed by atoms with van der Waals surface area (Å²) in [5.74, 6) is 1.66. The SMILES string of the molecule is CC(C)(CN)c1ccc2c(c1)OCCO2. The van der Waals surface area contributed by atoms with Gasteiger partial charge in [0.05, 0.1) is 0 Å². The maximum absolute atomic E-state index is 5.74. The Bertz CT molecular complexity index is 361. The van der Waals surface area contributed by atoms with E-state index in [0.29, 0.717) is 19.8 Å². The molecule has 1 aliphatic rings. The zero-order chi connectivity index (χ0) is 10.9. The molecule has 0 unspecified atom stereocenters. The van der Waals surface area contributed by atoms with Gasteiger partial charge in [-0.2, -0.15) is 0 Å². The van der Waals surface area contributed by atoms with Gasteiger partial charge in [0.25, 0.3) is 0 Å². The molecule has 0 atom stereocenters. The van der Waals surface area contributed by atoms with Crippen LogP contribution in [0, 0.1) is 0 Å². The molecule has 1 aliphatic heterocycles. The summed E-state index contributed by atoms with van der Waals surface area (Å²) < 4.78 is 11.0. The average molecular weight is 207 g/mol. The monoisotopic (exact) mass is 207 g/mol. The summed E-state index contributed by atoms with van der Waals surface area (Å²) in [5.41, 5.74) is 6.91. The van der Waals surface area contributed by atoms with E-state index < -0.39 is 0 Å². The minimum atomic E-state index is -0.0180. The van der Waals surface area contributed by atoms with Gasteiger partial charge in [0, 0.05) is 12.0 Å². The normalized spacial score (nSPS) is 15.1. The zero-order valence-electron chi connectivity index (χ0n) is 9.25. The Hall–Kier alpha value is -1.22. The van der Waals surface area contributed by atoms with Gasteiger partial charge >= 0.3 is 0 Å². The zero-order valence-corrected chi connectivity index (χ0v) is 9.25. The molecule has 0 aliphatic carbocycles. The minimum Gasteiger partial charge on any atom is -0.486 e. The van der Waals surface area contributed by atoms with Gasteiger partial charge in [0.15, 0.2) is 11.5 Å². The Balaban J connectivity index is 2.36. The Kier molecular flexibility index (Phi) is 2.57. The summed E-state index contributed by atoms with van der Waals surface area (Å²) in [6.45, 7) is 6.12. The van der Waals surface area contributed by atoms with Gasteiger partial charge in [-0.3, -0.25) is 0 Å². The third-order valence-corrected chi connectivity index (χ3v) is 2.83. The Morgan fingerprint density at radius 1 is 1.20 bits per heavy atom. The molecule has 1 aromatic carbocycles. The highest BCUT2D eigenvalue weighted by Crippen LogP contribution is 2.34. The lowest BCUT2D eigenvalue weighted by molar-refractivity contribution is 0.171. The molecule has 3 nitrogen and oxygen atoms in total. The molecule has 1 aromatic rings. The van der Waals surface area contributed by atoms with Crippen molar-refractivity contribution in [2.24, 2.45) is 5.73 Å². The largest absolute Gasteiger partial charge is 0.486 e. The first-order valence-electron chi connectivity index (χ1n) is 5.24. The second-order valence-corrected chi connectivity index (χ2v) is 4.45. The number of rotatable bonds is 2. The van der Waals surface area contributed by atoms with E-state index in [1.54, 1.807) is 0 Å². The van der Waals surface area contributed by atoms with Crippen molar-refractivity contribution in [3.05, 3.63) is 23.8 Å². The molecule has 0 saturated heterocycles. The number of nitrogens with two attached hydrogens (primary N) is 1. The van der Waals surface area contributed by atoms with Crippen LogP contribution >= 0.6 is 0 Å². The van der Waals surface area contributed by atoms with Crippen LogP contribution in [0.25, 0.3) is 0 Å². The van der Waals surface area contributed by atoms with Crippen molar-refractivity contribution < 1.29 is 9.47 Å². The summed E-state index contributed by atoms with van der Waals surface area (Å²) >= 11 is 0. The van der Waals surface area contributed by atoms with Gasteiger partial charge < -0.3 is 15.2 Å². The lowest BCUT2D eigenvalue weighted by Crippen LogP contribution is -2.28. The first-order chi connectivity index (χ1) is 7.13. The van der Waals surface area contributed by atoms with Gasteiger partial charge in [-0.05, 0) is 17.7 Å². The van der Waals surface area contributed by atoms with Crippen LogP contribution in [0.1, 0.15) is 19.4 Å². The molecule has 0 saturated carbocycles. The van der Waals surface area contributed by atoms with Crippen LogP contribution in [0.3, 0.4) is 0 Å². The van der Waals surface area contributed by atoms with E-state index in [2.05, 4.69) is 19.9 Å². The minimum absolute atomic E-state index is 0.0180. The van der Waals surface area contributed by atoms with Crippen molar-refractivity contribution in [3.63, 3.8) is 0 Å². The molecule has 0 spiro atoms. The second-order valence-electron chi connectivity index (χ2n) is 4.45. The van der Waals surface area contributed by atoms with Crippen LogP contribution in [0.15, 0.2) is 18.2 Å². The first kappa shape index (κ1) is 10.3. The predicted molar refractivity (Wildman–Crippen MR) is 59.5 cm³/mol. The van der Waals surface area contributed by atoms with E-state index in [1.165, 1.54) is 5.56 Å². The van der Waals surface area contributed by atoms with Crippen LogP contribution in [0.5, 0.6) is 11.5 Å². The molecule has 3 heteroatoms. The van der Waals surface area contributed by atoms with E-state index in [9.17, 15) is 0 Å². The molecular weight excluding hydrogens is 190 g/mol. The van der Waals surface area contributed by atoms with Crippen LogP contribution in [0.2, 0.25) is 0 Å². The van der Waals surface area contributed by atoms with Crippen molar-refractivity contribution in [3.8, 4) is 11.5 Å². The van der Waals surface area contributed by atoms with Crippen LogP contribution in [-0.2, 0) is 5.41 Å². The molecule has 2 N–H and O–H groups in total. The van der Waals surface area contributed by atoms with Crippen LogP contribution < -0.4 is 15.2 Å². The van der Waals surface area contributed by atoms with Gasteiger partial charge in [-0.25, -0.2) is 0 Å². The maximum atomic E-state index is 5.74. The average Bonchev–Trinajstić information content (AvgIpc) is 2.28. The molecule has 0 amide bonds. The fraction of sp³-hybridized carbons (Fsp3) is 0.500. The predicted octanol–water partition coefficient (Wildman–Crippen LogP) is 1.69. The molecule has 0 aromatic heterocycles. The molecule has 0 radical (unpaired) electrons. The second kappa shape index (κ2) is 3.74. The van der Waals surface area contributed by atoms with Crippen molar-refractivity contribution in [2.45, 2.75) is 19.3 Å². The fourth-order valence-electron chi connectivity index (χ4n) is 1.58. The maximum Gasteiger partial charge on any atom is 0.161 e. The quantitative estimate of drug-likeness (QED) is 0.802. The highest BCUT2D eigenvalue weighted by atomic mass is 16.6. The van der Waals surface area contributed by atoms with Gasteiger partial charge in [-0.1, -0.05) is 19.9 Å². The fourth-order valence-corrected chi connectivity index (χ4v) is 1.58. The first-order valence-corrected chi connectivity index (χ1v) is 5.24. The highest BCUT2D eigenvalue weighted by molar-refractivity contribution is 5.45. The van der Waals surface area contributed by atoms with E-state index in [1.807, 2.05) is 12.1 Å². The molecule has 15 heavy (non-hydrogen) atoms. The van der Waals surface area contributed by atoms with Crippen LogP contribution in [-0.4, -0.2) is 19.8 Å². The number of fused-ring (bicyclic) bond motifs is 1. The topological polar surface area (TPSA) is 44.5 Å². The number of ether oxygens (including phenoxy) is 2. The van der Waals surface area contributed by atoms with Gasteiger partial charge in [0.1, 0.15) is 13.2 Å². The van der Waals surface area contributed by atoms with E-state index >= 15 is 0 Å². The molecule has 2 rings (SSSR count). The Morgan fingerprint density at radius 3 is 2.53 bits per heavy atom. The molecule has 82 valence electrons. The Morgan fingerprint density at radius 2 is 1.87 bits per heavy atom. The summed E-state index contributed by atoms with van der Waals surface area (Å²) in [7, 11) is 0. The smallest absolute Gasteiger partial charge is 0.161 e.